The summed E-state index contributed by atoms with van der Waals surface area (Å²) in [7, 11) is 2.88. The molecule has 1 amide bonds. The van der Waals surface area contributed by atoms with Crippen molar-refractivity contribution >= 4 is 23.4 Å². The van der Waals surface area contributed by atoms with Gasteiger partial charge >= 0.3 is 12.1 Å². The highest BCUT2D eigenvalue weighted by atomic mass is 16.6. The summed E-state index contributed by atoms with van der Waals surface area (Å²) < 4.78 is 15.5. The molecule has 2 N–H and O–H groups in total. The third kappa shape index (κ3) is 5.08. The maximum atomic E-state index is 13.0. The number of esters is 1. The van der Waals surface area contributed by atoms with E-state index in [2.05, 4.69) is 0 Å². The molecule has 7 heteroatoms. The number of anilines is 2. The summed E-state index contributed by atoms with van der Waals surface area (Å²) in [5.41, 5.74) is 8.10. The Bertz CT molecular complexity index is 1020. The minimum absolute atomic E-state index is 0.225. The SMILES string of the molecule is COC(=O)c1ccc(CN(C(=O)Oc2ccc(N)cc2)c2cccc(OC)c2)cc1. The number of amides is 1. The zero-order valence-electron chi connectivity index (χ0n) is 16.7. The number of nitrogens with two attached hydrogens (primary N) is 1. The Morgan fingerprint density at radius 3 is 2.23 bits per heavy atom. The van der Waals surface area contributed by atoms with E-state index in [0.29, 0.717) is 28.4 Å². The van der Waals surface area contributed by atoms with Crippen molar-refractivity contribution in [3.05, 3.63) is 83.9 Å². The van der Waals surface area contributed by atoms with Crippen LogP contribution in [0.4, 0.5) is 16.2 Å². The Hall–Kier alpha value is -4.00. The summed E-state index contributed by atoms with van der Waals surface area (Å²) in [4.78, 5) is 26.1. The average molecular weight is 406 g/mol. The lowest BCUT2D eigenvalue weighted by molar-refractivity contribution is 0.0600. The summed E-state index contributed by atoms with van der Waals surface area (Å²) in [6.07, 6.45) is -0.565. The number of hydrogen-bond acceptors (Lipinski definition) is 6. The van der Waals surface area contributed by atoms with Crippen molar-refractivity contribution in [2.24, 2.45) is 0 Å². The molecule has 0 atom stereocenters. The van der Waals surface area contributed by atoms with Gasteiger partial charge < -0.3 is 19.9 Å². The Morgan fingerprint density at radius 2 is 1.60 bits per heavy atom. The van der Waals surface area contributed by atoms with E-state index in [1.807, 2.05) is 0 Å². The molecule has 7 nitrogen and oxygen atoms in total. The van der Waals surface area contributed by atoms with E-state index in [9.17, 15) is 9.59 Å². The number of benzene rings is 3. The molecule has 0 unspecified atom stereocenters. The standard InChI is InChI=1S/C23H22N2O5/c1-28-21-5-3-4-19(14-21)25(23(27)30-20-12-10-18(24)11-13-20)15-16-6-8-17(9-7-16)22(26)29-2/h3-14H,15,24H2,1-2H3. The molecule has 3 aromatic carbocycles. The molecule has 0 saturated heterocycles. The van der Waals surface area contributed by atoms with Crippen molar-refractivity contribution < 1.29 is 23.8 Å². The van der Waals surface area contributed by atoms with Gasteiger partial charge in [-0.05, 0) is 54.1 Å². The Kier molecular flexibility index (Phi) is 6.54. The van der Waals surface area contributed by atoms with Crippen LogP contribution < -0.4 is 20.1 Å². The highest BCUT2D eigenvalue weighted by molar-refractivity contribution is 5.90. The highest BCUT2D eigenvalue weighted by Gasteiger charge is 2.20. The van der Waals surface area contributed by atoms with E-state index in [1.54, 1.807) is 79.9 Å². The van der Waals surface area contributed by atoms with Crippen LogP contribution in [0.5, 0.6) is 11.5 Å². The molecular formula is C23H22N2O5. The van der Waals surface area contributed by atoms with Crippen LogP contribution >= 0.6 is 0 Å². The van der Waals surface area contributed by atoms with Crippen LogP contribution in [0, 0.1) is 0 Å². The fourth-order valence-corrected chi connectivity index (χ4v) is 2.78. The Labute approximate surface area is 174 Å². The first kappa shape index (κ1) is 20.7. The molecule has 30 heavy (non-hydrogen) atoms. The van der Waals surface area contributed by atoms with Crippen LogP contribution in [0.25, 0.3) is 0 Å². The first-order chi connectivity index (χ1) is 14.5. The van der Waals surface area contributed by atoms with Gasteiger partial charge in [-0.3, -0.25) is 4.90 Å². The van der Waals surface area contributed by atoms with Crippen molar-refractivity contribution in [2.75, 3.05) is 24.9 Å². The van der Waals surface area contributed by atoms with E-state index in [0.717, 1.165) is 5.56 Å². The minimum atomic E-state index is -0.565. The van der Waals surface area contributed by atoms with Gasteiger partial charge in [0.15, 0.2) is 0 Å². The largest absolute Gasteiger partial charge is 0.497 e. The van der Waals surface area contributed by atoms with Gasteiger partial charge in [-0.15, -0.1) is 0 Å². The molecule has 154 valence electrons. The van der Waals surface area contributed by atoms with Gasteiger partial charge in [-0.2, -0.15) is 0 Å². The predicted octanol–water partition coefficient (Wildman–Crippen LogP) is 4.27. The predicted molar refractivity (Wildman–Crippen MR) is 114 cm³/mol. The van der Waals surface area contributed by atoms with Crippen LogP contribution in [0.15, 0.2) is 72.8 Å². The average Bonchev–Trinajstić information content (AvgIpc) is 2.78. The van der Waals surface area contributed by atoms with E-state index >= 15 is 0 Å². The first-order valence-corrected chi connectivity index (χ1v) is 9.16. The molecule has 0 fully saturated rings. The molecule has 0 aliphatic carbocycles. The fraction of sp³-hybridized carbons (Fsp3) is 0.130. The lowest BCUT2D eigenvalue weighted by Crippen LogP contribution is -2.33. The normalized spacial score (nSPS) is 10.2. The maximum Gasteiger partial charge on any atom is 0.420 e. The van der Waals surface area contributed by atoms with Crippen LogP contribution in [0.2, 0.25) is 0 Å². The van der Waals surface area contributed by atoms with Gasteiger partial charge in [-0.25, -0.2) is 9.59 Å². The van der Waals surface area contributed by atoms with Gasteiger partial charge in [0.1, 0.15) is 11.5 Å². The van der Waals surface area contributed by atoms with Gasteiger partial charge in [0, 0.05) is 11.8 Å². The maximum absolute atomic E-state index is 13.0. The molecule has 0 saturated carbocycles. The second-order valence-corrected chi connectivity index (χ2v) is 6.41. The highest BCUT2D eigenvalue weighted by Crippen LogP contribution is 2.25. The number of rotatable bonds is 6. The second kappa shape index (κ2) is 9.47. The number of hydrogen-bond donors (Lipinski definition) is 1. The van der Waals surface area contributed by atoms with Gasteiger partial charge in [0.25, 0.3) is 0 Å². The van der Waals surface area contributed by atoms with Crippen molar-refractivity contribution in [3.8, 4) is 11.5 Å². The lowest BCUT2D eigenvalue weighted by Gasteiger charge is -2.23. The third-order valence-electron chi connectivity index (χ3n) is 4.39. The number of carbonyl (C=O) groups is 2. The topological polar surface area (TPSA) is 91.1 Å². The van der Waals surface area contributed by atoms with Crippen LogP contribution in [-0.4, -0.2) is 26.3 Å². The van der Waals surface area contributed by atoms with Gasteiger partial charge in [0.05, 0.1) is 32.0 Å². The van der Waals surface area contributed by atoms with Crippen LogP contribution in [0.1, 0.15) is 15.9 Å². The van der Waals surface area contributed by atoms with E-state index < -0.39 is 12.1 Å². The Balaban J connectivity index is 1.87. The quantitative estimate of drug-likeness (QED) is 0.486. The van der Waals surface area contributed by atoms with Crippen molar-refractivity contribution in [3.63, 3.8) is 0 Å². The molecule has 0 aromatic heterocycles. The molecular weight excluding hydrogens is 384 g/mol. The number of methoxy groups -OCH3 is 2. The van der Waals surface area contributed by atoms with E-state index in [-0.39, 0.29) is 6.54 Å². The number of nitrogen functional groups attached to an aromatic ring is 1. The van der Waals surface area contributed by atoms with Crippen molar-refractivity contribution in [1.29, 1.82) is 0 Å². The zero-order chi connectivity index (χ0) is 21.5. The van der Waals surface area contributed by atoms with Gasteiger partial charge in [0.2, 0.25) is 0 Å². The molecule has 0 aliphatic heterocycles. The molecule has 0 bridgehead atoms. The smallest absolute Gasteiger partial charge is 0.420 e. The summed E-state index contributed by atoms with van der Waals surface area (Å²) in [6.45, 7) is 0.225. The molecule has 0 radical (unpaired) electrons. The number of ether oxygens (including phenoxy) is 3. The summed E-state index contributed by atoms with van der Waals surface area (Å²) >= 11 is 0. The molecule has 3 rings (SSSR count). The number of carbonyl (C=O) groups excluding carboxylic acids is 2. The summed E-state index contributed by atoms with van der Waals surface area (Å²) in [5.74, 6) is 0.566. The second-order valence-electron chi connectivity index (χ2n) is 6.41. The number of nitrogens with zero attached hydrogens (tertiary/aromatic N) is 1. The van der Waals surface area contributed by atoms with E-state index in [4.69, 9.17) is 19.9 Å². The monoisotopic (exact) mass is 406 g/mol. The minimum Gasteiger partial charge on any atom is -0.497 e. The molecule has 3 aromatic rings. The van der Waals surface area contributed by atoms with Crippen molar-refractivity contribution in [2.45, 2.75) is 6.54 Å². The molecule has 0 aliphatic rings. The summed E-state index contributed by atoms with van der Waals surface area (Å²) in [6, 6.07) is 20.5. The zero-order valence-corrected chi connectivity index (χ0v) is 16.7. The first-order valence-electron chi connectivity index (χ1n) is 9.16. The summed E-state index contributed by atoms with van der Waals surface area (Å²) in [5, 5.41) is 0. The Morgan fingerprint density at radius 1 is 0.900 bits per heavy atom. The van der Waals surface area contributed by atoms with Crippen molar-refractivity contribution in [1.82, 2.24) is 0 Å². The van der Waals surface area contributed by atoms with Crippen LogP contribution in [0.3, 0.4) is 0 Å². The van der Waals surface area contributed by atoms with E-state index in [1.165, 1.54) is 12.0 Å². The van der Waals surface area contributed by atoms with Crippen LogP contribution in [-0.2, 0) is 11.3 Å². The third-order valence-corrected chi connectivity index (χ3v) is 4.39. The molecule has 0 heterocycles. The fourth-order valence-electron chi connectivity index (χ4n) is 2.78. The van der Waals surface area contributed by atoms with Gasteiger partial charge in [-0.1, -0.05) is 18.2 Å². The lowest BCUT2D eigenvalue weighted by atomic mass is 10.1. The molecule has 0 spiro atoms.